The van der Waals surface area contributed by atoms with Crippen LogP contribution in [0.25, 0.3) is 32.7 Å². The maximum absolute atomic E-state index is 7.22. The lowest BCUT2D eigenvalue weighted by molar-refractivity contribution is 0.661. The Kier molecular flexibility index (Phi) is 9.38. The van der Waals surface area contributed by atoms with Gasteiger partial charge in [-0.2, -0.15) is 0 Å². The Morgan fingerprint density at radius 2 is 1.27 bits per heavy atom. The van der Waals surface area contributed by atoms with Crippen molar-refractivity contribution in [2.24, 2.45) is 5.73 Å². The van der Waals surface area contributed by atoms with Crippen LogP contribution in [-0.2, 0) is 5.41 Å². The highest BCUT2D eigenvalue weighted by atomic mass is 15.3. The standard InChI is InChI=1S/C51H52N4/c1-8-9-20-47(52)54(37-26-22-35(23-27-37)33(2)3)49-40-17-10-11-18-41(40)50(55(48-21-14-15-30-53-48)38-28-24-36(25-29-38)34(4)5)44-32-46-42(31-43(44)49)39-16-12-13-19-45(39)51(46,6)7/h8-34,48,53H,52H2,1-7H3/b9-8-,47-20+. The number of anilines is 4. The Balaban J connectivity index is 1.53. The van der Waals surface area contributed by atoms with Crippen LogP contribution < -0.4 is 20.9 Å². The van der Waals surface area contributed by atoms with E-state index in [4.69, 9.17) is 5.73 Å². The zero-order chi connectivity index (χ0) is 38.4. The molecule has 0 radical (unpaired) electrons. The molecule has 1 aliphatic heterocycles. The summed E-state index contributed by atoms with van der Waals surface area (Å²) in [5.74, 6) is 1.51. The molecule has 1 heterocycles. The molecule has 55 heavy (non-hydrogen) atoms. The summed E-state index contributed by atoms with van der Waals surface area (Å²) in [6, 6.07) is 40.8. The summed E-state index contributed by atoms with van der Waals surface area (Å²) in [7, 11) is 0. The van der Waals surface area contributed by atoms with Crippen molar-refractivity contribution in [1.29, 1.82) is 0 Å². The topological polar surface area (TPSA) is 44.5 Å². The van der Waals surface area contributed by atoms with Gasteiger partial charge in [0.2, 0.25) is 0 Å². The molecular weight excluding hydrogens is 669 g/mol. The van der Waals surface area contributed by atoms with Gasteiger partial charge in [0.1, 0.15) is 12.0 Å². The Morgan fingerprint density at radius 1 is 0.673 bits per heavy atom. The Bertz CT molecular complexity index is 2510. The molecule has 0 saturated heterocycles. The number of dihydropyridines is 1. The number of nitrogens with one attached hydrogen (secondary N) is 1. The molecular formula is C51H52N4. The van der Waals surface area contributed by atoms with Gasteiger partial charge in [0.25, 0.3) is 0 Å². The van der Waals surface area contributed by atoms with Crippen molar-refractivity contribution in [3.8, 4) is 11.1 Å². The largest absolute Gasteiger partial charge is 0.385 e. The molecule has 0 saturated carbocycles. The van der Waals surface area contributed by atoms with Gasteiger partial charge in [-0.1, -0.05) is 133 Å². The van der Waals surface area contributed by atoms with E-state index in [-0.39, 0.29) is 11.6 Å². The molecule has 4 heteroatoms. The third-order valence-electron chi connectivity index (χ3n) is 11.6. The quantitative estimate of drug-likeness (QED) is 0.0887. The van der Waals surface area contributed by atoms with Crippen LogP contribution in [0.15, 0.2) is 158 Å². The molecule has 276 valence electrons. The molecule has 1 unspecified atom stereocenters. The lowest BCUT2D eigenvalue weighted by Gasteiger charge is -2.37. The SMILES string of the molecule is C/C=C\C=C(/N)N(c1ccc(C(C)C)cc1)c1c2ccccc2c(N(c2ccc(C(C)C)cc2)C2C=CC=CN2)c2cc3c(cc12)-c1ccccc1C3(C)C. The highest BCUT2D eigenvalue weighted by Gasteiger charge is 2.37. The summed E-state index contributed by atoms with van der Waals surface area (Å²) >= 11 is 0. The molecule has 1 atom stereocenters. The van der Waals surface area contributed by atoms with Crippen LogP contribution >= 0.6 is 0 Å². The monoisotopic (exact) mass is 720 g/mol. The molecule has 2 aliphatic rings. The van der Waals surface area contributed by atoms with Gasteiger partial charge in [-0.05, 0) is 113 Å². The summed E-state index contributed by atoms with van der Waals surface area (Å²) in [5, 5.41) is 8.29. The second-order valence-electron chi connectivity index (χ2n) is 16.0. The van der Waals surface area contributed by atoms with E-state index in [0.29, 0.717) is 17.7 Å². The van der Waals surface area contributed by atoms with Gasteiger partial charge in [-0.15, -0.1) is 0 Å². The van der Waals surface area contributed by atoms with Crippen LogP contribution in [0.3, 0.4) is 0 Å². The van der Waals surface area contributed by atoms with E-state index in [1.54, 1.807) is 0 Å². The number of hydrogen-bond donors (Lipinski definition) is 2. The van der Waals surface area contributed by atoms with E-state index < -0.39 is 0 Å². The molecule has 0 amide bonds. The predicted molar refractivity (Wildman–Crippen MR) is 237 cm³/mol. The molecule has 0 fully saturated rings. The predicted octanol–water partition coefficient (Wildman–Crippen LogP) is 13.2. The van der Waals surface area contributed by atoms with Crippen LogP contribution in [0.4, 0.5) is 22.7 Å². The first-order chi connectivity index (χ1) is 26.6. The summed E-state index contributed by atoms with van der Waals surface area (Å²) in [4.78, 5) is 4.75. The van der Waals surface area contributed by atoms with Gasteiger partial charge in [-0.25, -0.2) is 0 Å². The Labute approximate surface area is 327 Å². The second kappa shape index (κ2) is 14.3. The van der Waals surface area contributed by atoms with Crippen LogP contribution in [0.5, 0.6) is 0 Å². The van der Waals surface area contributed by atoms with Crippen molar-refractivity contribution in [3.63, 3.8) is 0 Å². The Morgan fingerprint density at radius 3 is 1.89 bits per heavy atom. The van der Waals surface area contributed by atoms with Gasteiger partial charge < -0.3 is 16.0 Å². The normalized spacial score (nSPS) is 15.9. The molecule has 4 nitrogen and oxygen atoms in total. The molecule has 1 aliphatic carbocycles. The molecule has 6 aromatic rings. The number of hydrogen-bond acceptors (Lipinski definition) is 4. The average Bonchev–Trinajstić information content (AvgIpc) is 3.43. The number of nitrogens with two attached hydrogens (primary N) is 1. The van der Waals surface area contributed by atoms with Crippen molar-refractivity contribution in [2.75, 3.05) is 9.80 Å². The number of rotatable bonds is 9. The Hall–Kier alpha value is -6.00. The first-order valence-electron chi connectivity index (χ1n) is 19.7. The number of benzene rings is 6. The molecule has 3 N–H and O–H groups in total. The number of allylic oxidation sites excluding steroid dienone is 5. The van der Waals surface area contributed by atoms with Gasteiger partial charge in [-0.3, -0.25) is 4.90 Å². The molecule has 6 aromatic carbocycles. The summed E-state index contributed by atoms with van der Waals surface area (Å²) in [6.45, 7) is 15.7. The minimum absolute atomic E-state index is 0.120. The number of fused-ring (bicyclic) bond motifs is 5. The fraction of sp³-hybridized carbons (Fsp3) is 0.216. The molecule has 0 bridgehead atoms. The van der Waals surface area contributed by atoms with E-state index in [2.05, 4.69) is 184 Å². The van der Waals surface area contributed by atoms with Crippen LogP contribution in [0.1, 0.15) is 82.6 Å². The lowest BCUT2D eigenvalue weighted by Crippen LogP contribution is -2.40. The second-order valence-corrected chi connectivity index (χ2v) is 16.0. The maximum atomic E-state index is 7.22. The number of nitrogens with zero attached hydrogens (tertiary/aromatic N) is 2. The fourth-order valence-corrected chi connectivity index (χ4v) is 8.56. The minimum atomic E-state index is -0.185. The van der Waals surface area contributed by atoms with Crippen LogP contribution in [-0.4, -0.2) is 6.17 Å². The summed E-state index contributed by atoms with van der Waals surface area (Å²) < 4.78 is 0. The van der Waals surface area contributed by atoms with Gasteiger partial charge >= 0.3 is 0 Å². The van der Waals surface area contributed by atoms with Gasteiger partial charge in [0, 0.05) is 38.3 Å². The van der Waals surface area contributed by atoms with E-state index in [9.17, 15) is 0 Å². The highest BCUT2D eigenvalue weighted by molar-refractivity contribution is 6.23. The lowest BCUT2D eigenvalue weighted by atomic mass is 9.81. The van der Waals surface area contributed by atoms with E-state index in [0.717, 1.165) is 38.9 Å². The van der Waals surface area contributed by atoms with Crippen LogP contribution in [0.2, 0.25) is 0 Å². The fourth-order valence-electron chi connectivity index (χ4n) is 8.56. The van der Waals surface area contributed by atoms with Crippen molar-refractivity contribution in [3.05, 3.63) is 180 Å². The zero-order valence-corrected chi connectivity index (χ0v) is 33.1. The molecule has 8 rings (SSSR count). The van der Waals surface area contributed by atoms with E-state index >= 15 is 0 Å². The van der Waals surface area contributed by atoms with Crippen molar-refractivity contribution in [1.82, 2.24) is 5.32 Å². The van der Waals surface area contributed by atoms with Crippen LogP contribution in [0, 0.1) is 0 Å². The minimum Gasteiger partial charge on any atom is -0.385 e. The van der Waals surface area contributed by atoms with Crippen molar-refractivity contribution in [2.45, 2.75) is 71.9 Å². The van der Waals surface area contributed by atoms with Crippen molar-refractivity contribution >= 4 is 44.3 Å². The highest BCUT2D eigenvalue weighted by Crippen LogP contribution is 2.55. The smallest absolute Gasteiger partial charge is 0.123 e. The third-order valence-corrected chi connectivity index (χ3v) is 11.6. The van der Waals surface area contributed by atoms with Crippen molar-refractivity contribution < 1.29 is 0 Å². The summed E-state index contributed by atoms with van der Waals surface area (Å²) in [6.07, 6.45) is 14.4. The van der Waals surface area contributed by atoms with Gasteiger partial charge in [0.05, 0.1) is 11.4 Å². The first-order valence-corrected chi connectivity index (χ1v) is 19.7. The first kappa shape index (κ1) is 36.0. The summed E-state index contributed by atoms with van der Waals surface area (Å²) in [5.41, 5.74) is 19.3. The zero-order valence-electron chi connectivity index (χ0n) is 33.1. The maximum Gasteiger partial charge on any atom is 0.123 e. The van der Waals surface area contributed by atoms with Gasteiger partial charge in [0.15, 0.2) is 0 Å². The average molecular weight is 721 g/mol. The third kappa shape index (κ3) is 6.20. The van der Waals surface area contributed by atoms with E-state index in [1.807, 2.05) is 31.4 Å². The molecule has 0 aromatic heterocycles. The molecule has 0 spiro atoms. The van der Waals surface area contributed by atoms with E-state index in [1.165, 1.54) is 38.8 Å².